The zero-order chi connectivity index (χ0) is 12.8. The fraction of sp³-hybridized carbons (Fsp3) is 0.231. The van der Waals surface area contributed by atoms with Crippen molar-refractivity contribution in [3.63, 3.8) is 0 Å². The Morgan fingerprint density at radius 3 is 2.35 bits per heavy atom. The van der Waals surface area contributed by atoms with E-state index in [1.165, 1.54) is 37.3 Å². The van der Waals surface area contributed by atoms with E-state index in [1.54, 1.807) is 6.92 Å². The van der Waals surface area contributed by atoms with Crippen LogP contribution >= 0.6 is 0 Å². The molecule has 0 fully saturated rings. The maximum absolute atomic E-state index is 12.7. The molecule has 0 aromatic heterocycles. The van der Waals surface area contributed by atoms with Crippen molar-refractivity contribution in [3.05, 3.63) is 41.2 Å². The Kier molecular flexibility index (Phi) is 4.57. The van der Waals surface area contributed by atoms with Gasteiger partial charge >= 0.3 is 5.97 Å². The molecule has 0 bridgehead atoms. The standard InChI is InChI=1S/C13H13FO3/c1-3-17-13(16)12(9(2)15)8-10-4-6-11(14)7-5-10/h4-8H,3H2,1-2H3/b12-8-. The quantitative estimate of drug-likeness (QED) is 0.349. The van der Waals surface area contributed by atoms with Crippen molar-refractivity contribution in [1.29, 1.82) is 0 Å². The van der Waals surface area contributed by atoms with Crippen molar-refractivity contribution in [2.75, 3.05) is 6.61 Å². The van der Waals surface area contributed by atoms with Crippen LogP contribution in [0.4, 0.5) is 4.39 Å². The number of carbonyl (C=O) groups is 2. The van der Waals surface area contributed by atoms with E-state index in [1.807, 2.05) is 0 Å². The van der Waals surface area contributed by atoms with E-state index in [9.17, 15) is 14.0 Å². The third-order valence-corrected chi connectivity index (χ3v) is 2.06. The fourth-order valence-electron chi connectivity index (χ4n) is 1.24. The normalized spacial score (nSPS) is 11.1. The minimum atomic E-state index is -0.663. The number of benzene rings is 1. The topological polar surface area (TPSA) is 43.4 Å². The van der Waals surface area contributed by atoms with E-state index in [0.717, 1.165) is 0 Å². The van der Waals surface area contributed by atoms with Crippen LogP contribution in [0.25, 0.3) is 6.08 Å². The van der Waals surface area contributed by atoms with Crippen molar-refractivity contribution >= 4 is 17.8 Å². The number of carbonyl (C=O) groups excluding carboxylic acids is 2. The van der Waals surface area contributed by atoms with E-state index in [0.29, 0.717) is 5.56 Å². The highest BCUT2D eigenvalue weighted by Crippen LogP contribution is 2.10. The van der Waals surface area contributed by atoms with E-state index < -0.39 is 5.97 Å². The molecule has 3 nitrogen and oxygen atoms in total. The molecule has 17 heavy (non-hydrogen) atoms. The summed E-state index contributed by atoms with van der Waals surface area (Å²) in [5, 5.41) is 0. The lowest BCUT2D eigenvalue weighted by Gasteiger charge is -2.03. The summed E-state index contributed by atoms with van der Waals surface area (Å²) >= 11 is 0. The molecule has 1 aromatic rings. The highest BCUT2D eigenvalue weighted by Gasteiger charge is 2.15. The van der Waals surface area contributed by atoms with E-state index >= 15 is 0 Å². The van der Waals surface area contributed by atoms with Crippen LogP contribution in [0.5, 0.6) is 0 Å². The molecule has 0 heterocycles. The molecule has 0 spiro atoms. The van der Waals surface area contributed by atoms with Crippen molar-refractivity contribution in [2.45, 2.75) is 13.8 Å². The summed E-state index contributed by atoms with van der Waals surface area (Å²) in [6.45, 7) is 3.15. The van der Waals surface area contributed by atoms with Crippen LogP contribution in [0.15, 0.2) is 29.8 Å². The van der Waals surface area contributed by atoms with Crippen molar-refractivity contribution in [3.8, 4) is 0 Å². The molecule has 90 valence electrons. The number of halogens is 1. The van der Waals surface area contributed by atoms with Gasteiger partial charge in [-0.3, -0.25) is 4.79 Å². The lowest BCUT2D eigenvalue weighted by molar-refractivity contribution is -0.139. The van der Waals surface area contributed by atoms with Crippen molar-refractivity contribution in [1.82, 2.24) is 0 Å². The summed E-state index contributed by atoms with van der Waals surface area (Å²) < 4.78 is 17.4. The molecule has 0 unspecified atom stereocenters. The Morgan fingerprint density at radius 1 is 1.29 bits per heavy atom. The second kappa shape index (κ2) is 5.94. The molecule has 0 saturated heterocycles. The maximum atomic E-state index is 12.7. The van der Waals surface area contributed by atoms with Gasteiger partial charge in [0.1, 0.15) is 11.4 Å². The zero-order valence-electron chi connectivity index (χ0n) is 9.70. The van der Waals surface area contributed by atoms with Gasteiger partial charge in [0.15, 0.2) is 5.78 Å². The Hall–Kier alpha value is -1.97. The number of ketones is 1. The first-order chi connectivity index (χ1) is 8.04. The monoisotopic (exact) mass is 236 g/mol. The van der Waals surface area contributed by atoms with Gasteiger partial charge in [0, 0.05) is 0 Å². The Labute approximate surface area is 98.9 Å². The smallest absolute Gasteiger partial charge is 0.341 e. The molecule has 0 saturated carbocycles. The average Bonchev–Trinajstić information content (AvgIpc) is 2.28. The van der Waals surface area contributed by atoms with Crippen LogP contribution in [-0.4, -0.2) is 18.4 Å². The molecule has 0 amide bonds. The van der Waals surface area contributed by atoms with Gasteiger partial charge in [0.2, 0.25) is 0 Å². The molecule has 0 aliphatic carbocycles. The molecule has 0 aliphatic rings. The van der Waals surface area contributed by atoms with Gasteiger partial charge in [0.05, 0.1) is 6.61 Å². The highest BCUT2D eigenvalue weighted by atomic mass is 19.1. The maximum Gasteiger partial charge on any atom is 0.341 e. The lowest BCUT2D eigenvalue weighted by atomic mass is 10.1. The first-order valence-electron chi connectivity index (χ1n) is 5.20. The summed E-state index contributed by atoms with van der Waals surface area (Å²) in [5.41, 5.74) is 0.531. The fourth-order valence-corrected chi connectivity index (χ4v) is 1.24. The van der Waals surface area contributed by atoms with E-state index in [-0.39, 0.29) is 23.8 Å². The molecular weight excluding hydrogens is 223 g/mol. The SMILES string of the molecule is CCOC(=O)/C(=C\c1ccc(F)cc1)C(C)=O. The second-order valence-corrected chi connectivity index (χ2v) is 3.39. The summed E-state index contributed by atoms with van der Waals surface area (Å²) in [5.74, 6) is -1.42. The summed E-state index contributed by atoms with van der Waals surface area (Å²) in [4.78, 5) is 22.8. The first kappa shape index (κ1) is 13.1. The Bertz CT molecular complexity index is 446. The Balaban J connectivity index is 3.02. The molecule has 4 heteroatoms. The van der Waals surface area contributed by atoms with Gasteiger partial charge < -0.3 is 4.74 Å². The van der Waals surface area contributed by atoms with Gasteiger partial charge in [-0.1, -0.05) is 12.1 Å². The number of rotatable bonds is 4. The number of ether oxygens (including phenoxy) is 1. The molecule has 1 rings (SSSR count). The number of esters is 1. The summed E-state index contributed by atoms with van der Waals surface area (Å²) in [7, 11) is 0. The number of hydrogen-bond donors (Lipinski definition) is 0. The third kappa shape index (κ3) is 3.83. The minimum Gasteiger partial charge on any atom is -0.462 e. The average molecular weight is 236 g/mol. The number of Topliss-reactive ketones (excluding diaryl/α,β-unsaturated/α-hetero) is 1. The van der Waals surface area contributed by atoms with Gasteiger partial charge in [0.25, 0.3) is 0 Å². The largest absolute Gasteiger partial charge is 0.462 e. The molecule has 1 aromatic carbocycles. The van der Waals surface area contributed by atoms with Gasteiger partial charge in [-0.05, 0) is 37.6 Å². The van der Waals surface area contributed by atoms with Crippen LogP contribution < -0.4 is 0 Å². The predicted octanol–water partition coefficient (Wildman–Crippen LogP) is 2.36. The molecular formula is C13H13FO3. The number of hydrogen-bond acceptors (Lipinski definition) is 3. The van der Waals surface area contributed by atoms with Crippen LogP contribution in [0.2, 0.25) is 0 Å². The van der Waals surface area contributed by atoms with Gasteiger partial charge in [-0.2, -0.15) is 0 Å². The zero-order valence-corrected chi connectivity index (χ0v) is 9.70. The summed E-state index contributed by atoms with van der Waals surface area (Å²) in [6.07, 6.45) is 1.39. The van der Waals surface area contributed by atoms with Crippen molar-refractivity contribution < 1.29 is 18.7 Å². The van der Waals surface area contributed by atoms with Crippen LogP contribution in [0, 0.1) is 5.82 Å². The molecule has 0 atom stereocenters. The van der Waals surface area contributed by atoms with Crippen LogP contribution in [-0.2, 0) is 14.3 Å². The second-order valence-electron chi connectivity index (χ2n) is 3.39. The highest BCUT2D eigenvalue weighted by molar-refractivity contribution is 6.19. The predicted molar refractivity (Wildman–Crippen MR) is 61.7 cm³/mol. The Morgan fingerprint density at radius 2 is 1.88 bits per heavy atom. The van der Waals surface area contributed by atoms with Gasteiger partial charge in [-0.25, -0.2) is 9.18 Å². The van der Waals surface area contributed by atoms with Crippen LogP contribution in [0.1, 0.15) is 19.4 Å². The molecule has 0 aliphatic heterocycles. The van der Waals surface area contributed by atoms with E-state index in [2.05, 4.69) is 0 Å². The first-order valence-corrected chi connectivity index (χ1v) is 5.20. The molecule has 0 radical (unpaired) electrons. The lowest BCUT2D eigenvalue weighted by Crippen LogP contribution is -2.13. The summed E-state index contributed by atoms with van der Waals surface area (Å²) in [6, 6.07) is 5.48. The minimum absolute atomic E-state index is 0.0431. The third-order valence-electron chi connectivity index (χ3n) is 2.06. The van der Waals surface area contributed by atoms with Crippen LogP contribution in [0.3, 0.4) is 0 Å². The molecule has 0 N–H and O–H groups in total. The van der Waals surface area contributed by atoms with E-state index in [4.69, 9.17) is 4.74 Å². The van der Waals surface area contributed by atoms with Gasteiger partial charge in [-0.15, -0.1) is 0 Å². The van der Waals surface area contributed by atoms with Crippen molar-refractivity contribution in [2.24, 2.45) is 0 Å².